The number of nitrogens with one attached hydrogen (secondary N) is 4. The Hall–Kier alpha value is -5.68. The number of hydrogen-bond acceptors (Lipinski definition) is 24. The van der Waals surface area contributed by atoms with Crippen LogP contribution in [0.5, 0.6) is 0 Å². The van der Waals surface area contributed by atoms with E-state index >= 15 is 0 Å². The number of methoxy groups -OCH3 is 2. The van der Waals surface area contributed by atoms with Gasteiger partial charge in [0.05, 0.1) is 77.3 Å². The summed E-state index contributed by atoms with van der Waals surface area (Å²) in [5, 5.41) is 26.8. The summed E-state index contributed by atoms with van der Waals surface area (Å²) in [4.78, 5) is 49.3. The molecule has 12 unspecified atom stereocenters. The van der Waals surface area contributed by atoms with Crippen LogP contribution in [0.15, 0.2) is 59.8 Å². The Bertz CT molecular complexity index is 3610. The lowest BCUT2D eigenvalue weighted by atomic mass is 10.1. The highest BCUT2D eigenvalue weighted by atomic mass is 33.1. The highest BCUT2D eigenvalue weighted by Gasteiger charge is 2.44. The van der Waals surface area contributed by atoms with E-state index in [1.54, 1.807) is 43.2 Å². The van der Waals surface area contributed by atoms with Crippen molar-refractivity contribution in [2.75, 3.05) is 97.3 Å². The van der Waals surface area contributed by atoms with E-state index in [1.807, 2.05) is 56.6 Å². The molecule has 6 N–H and O–H groups in total. The van der Waals surface area contributed by atoms with Crippen molar-refractivity contribution in [1.29, 1.82) is 0 Å². The van der Waals surface area contributed by atoms with Crippen LogP contribution in [0.4, 0.5) is 79.0 Å². The first-order valence-electron chi connectivity index (χ1n) is 37.3. The summed E-state index contributed by atoms with van der Waals surface area (Å²) in [5.74, 6) is -37.1. The van der Waals surface area contributed by atoms with E-state index in [0.717, 1.165) is 23.8 Å². The molecule has 121 heavy (non-hydrogen) atoms. The third kappa shape index (κ3) is 37.4. The number of nitrogens with zero attached hydrogens (tertiary/aromatic N) is 1. The largest absolute Gasteiger partial charge is 0.391 e. The van der Waals surface area contributed by atoms with Crippen LogP contribution < -0.4 is 21.3 Å². The summed E-state index contributed by atoms with van der Waals surface area (Å²) in [6.07, 6.45) is -10.3. The molecule has 6 fully saturated rings. The summed E-state index contributed by atoms with van der Waals surface area (Å²) < 4.78 is 316. The molecule has 686 valence electrons. The van der Waals surface area contributed by atoms with Crippen molar-refractivity contribution < 1.29 is 175 Å². The Balaban J connectivity index is 0.000000252. The number of carbonyl (C=O) groups excluding carboxylic acids is 4. The fourth-order valence-corrected chi connectivity index (χ4v) is 15.9. The number of alkyl halides is 8. The molecule has 7 heterocycles. The standard InChI is InChI=1S/C24H20F10N2O5.C20H30F8N2O5.C11H14O3S2.C10H18O5S2.C9H13NO2/c1-39-24-40-10(6-35-12(37)4-2-8-14(25)18(29)22(33)19(30)15(8)26)11(41-24)7-36-13(38)5-3-9-16(27)20(31)23(34)21(32)17(9)28;1-17(21,22)10-19(25,26)6-4-14(31)29-8-12-13(35-16(33-3)34-12)9-30-15(32)5-7-20(27,28)11-18(2,23)24;12-6-11-13-7-9(14-11)8-15-16-10-4-2-1-3-5-10;1-7-12-3-8(14-7)5-16-17-6-9-4-13-10(2-11)15-9;1-8-11-7-9(12-8)6-10-4-2-3-5-10/h10-11,24H,2-7H2,1H3,(H,35,37)(H,36,38);12-13,16H,4-11H2,1-3H3,(H,29,31)(H,30,32);1-5,9,11-12H,6-8H2;7-11H,2-6H2,1H3;2-5,8-9H,6-7H2,1H3. The second kappa shape index (κ2) is 51.2. The molecule has 4 aromatic rings. The normalized spacial score (nSPS) is 24.1. The third-order valence-corrected chi connectivity index (χ3v) is 22.2. The molecule has 25 nitrogen and oxygen atoms in total. The first kappa shape index (κ1) is 104. The fraction of sp³-hybridized carbons (Fsp3) is 0.649. The molecule has 12 atom stereocenters. The Morgan fingerprint density at radius 1 is 0.438 bits per heavy atom. The maximum Gasteiger partial charge on any atom is 0.272 e. The average molecular weight is 1840 g/mol. The van der Waals surface area contributed by atoms with Crippen molar-refractivity contribution >= 4 is 66.8 Å². The first-order chi connectivity index (χ1) is 57.1. The lowest BCUT2D eigenvalue weighted by Gasteiger charge is -2.21. The van der Waals surface area contributed by atoms with E-state index in [4.69, 9.17) is 76.5 Å². The van der Waals surface area contributed by atoms with Gasteiger partial charge in [-0.2, -0.15) is 0 Å². The number of halogens is 18. The van der Waals surface area contributed by atoms with Gasteiger partial charge in [-0.05, 0) is 64.8 Å². The summed E-state index contributed by atoms with van der Waals surface area (Å²) in [6.45, 7) is 4.13. The number of aromatic nitrogens is 1. The van der Waals surface area contributed by atoms with Gasteiger partial charge >= 0.3 is 0 Å². The number of ether oxygens (including phenoxy) is 14. The van der Waals surface area contributed by atoms with Crippen LogP contribution in [0.1, 0.15) is 90.2 Å². The van der Waals surface area contributed by atoms with E-state index < -0.39 is 231 Å². The Kier molecular flexibility index (Phi) is 44.1. The minimum absolute atomic E-state index is 0.0365. The summed E-state index contributed by atoms with van der Waals surface area (Å²) in [6, 6.07) is 14.3. The van der Waals surface area contributed by atoms with Crippen molar-refractivity contribution in [2.24, 2.45) is 0 Å². The Morgan fingerprint density at radius 3 is 1.08 bits per heavy atom. The van der Waals surface area contributed by atoms with Crippen LogP contribution in [0.2, 0.25) is 0 Å². The maximum atomic E-state index is 13.8. The van der Waals surface area contributed by atoms with Gasteiger partial charge < -0.3 is 102 Å². The molecule has 0 bridgehead atoms. The van der Waals surface area contributed by atoms with E-state index in [0.29, 0.717) is 40.3 Å². The SMILES string of the molecule is CC1OCC(CSSCC2COC(CO)O2)O1.CC1OCC(Cn2cccc2)O1.COC1OC(CNC(=O)CCC(F)(F)CC(C)(F)F)C(CNC(=O)CCC(F)(F)CC(C)(F)F)O1.COC1OC(CNC(=O)CCc2c(F)c(F)c(F)c(F)c2F)C(CNC(=O)CCc2c(F)c(F)c(F)c(F)c2F)O1.OCC1OCC(CSSc2ccccc2)O1. The monoisotopic (exact) mass is 1840 g/mol. The number of amides is 4. The molecular formula is C74H95F18N5O20S4. The van der Waals surface area contributed by atoms with Crippen molar-refractivity contribution in [2.45, 2.75) is 214 Å². The zero-order valence-electron chi connectivity index (χ0n) is 65.9. The van der Waals surface area contributed by atoms with Crippen LogP contribution in [-0.4, -0.2) is 246 Å². The lowest BCUT2D eigenvalue weighted by molar-refractivity contribution is -0.228. The average Bonchev–Trinajstić information content (AvgIpc) is 1.80. The molecular weight excluding hydrogens is 1750 g/mol. The summed E-state index contributed by atoms with van der Waals surface area (Å²) in [5.41, 5.74) is -2.36. The minimum Gasteiger partial charge on any atom is -0.391 e. The van der Waals surface area contributed by atoms with Crippen LogP contribution in [0.25, 0.3) is 0 Å². The minimum atomic E-state index is -3.75. The van der Waals surface area contributed by atoms with Gasteiger partial charge in [0.1, 0.15) is 30.5 Å². The van der Waals surface area contributed by atoms with Crippen molar-refractivity contribution in [3.8, 4) is 0 Å². The molecule has 0 radical (unpaired) electrons. The van der Waals surface area contributed by atoms with Gasteiger partial charge in [-0.25, -0.2) is 79.0 Å². The van der Waals surface area contributed by atoms with Gasteiger partial charge in [-0.1, -0.05) is 61.4 Å². The van der Waals surface area contributed by atoms with Crippen LogP contribution in [-0.2, 0) is 105 Å². The van der Waals surface area contributed by atoms with E-state index in [1.165, 1.54) is 19.1 Å². The molecule has 6 saturated heterocycles. The zero-order valence-corrected chi connectivity index (χ0v) is 69.1. The van der Waals surface area contributed by atoms with Gasteiger partial charge in [0, 0.05) is 125 Å². The smallest absolute Gasteiger partial charge is 0.272 e. The third-order valence-electron chi connectivity index (χ3n) is 17.3. The quantitative estimate of drug-likeness (QED) is 0.00795. The van der Waals surface area contributed by atoms with Crippen LogP contribution in [0.3, 0.4) is 0 Å². The molecule has 47 heteroatoms. The van der Waals surface area contributed by atoms with Crippen molar-refractivity contribution in [3.05, 3.63) is 124 Å². The zero-order chi connectivity index (χ0) is 89.4. The number of rotatable bonds is 39. The molecule has 1 aromatic heterocycles. The summed E-state index contributed by atoms with van der Waals surface area (Å²) >= 11 is 0. The van der Waals surface area contributed by atoms with Gasteiger partial charge in [0.25, 0.3) is 36.6 Å². The van der Waals surface area contributed by atoms with Crippen LogP contribution >= 0.6 is 43.2 Å². The molecule has 0 spiro atoms. The molecule has 3 aromatic carbocycles. The second-order valence-corrected chi connectivity index (χ2v) is 32.6. The maximum absolute atomic E-state index is 13.8. The first-order valence-corrected chi connectivity index (χ1v) is 42.2. The van der Waals surface area contributed by atoms with E-state index in [9.17, 15) is 98.2 Å². The Labute approximate surface area is 699 Å². The lowest BCUT2D eigenvalue weighted by Crippen LogP contribution is -2.43. The fourth-order valence-electron chi connectivity index (χ4n) is 11.4. The van der Waals surface area contributed by atoms with E-state index in [-0.39, 0.29) is 76.4 Å². The number of aliphatic hydroxyl groups is 2. The highest BCUT2D eigenvalue weighted by Crippen LogP contribution is 2.37. The highest BCUT2D eigenvalue weighted by molar-refractivity contribution is 8.77. The van der Waals surface area contributed by atoms with Crippen molar-refractivity contribution in [3.63, 3.8) is 0 Å². The number of carbonyl (C=O) groups is 4. The molecule has 0 aliphatic carbocycles. The molecule has 0 saturated carbocycles. The van der Waals surface area contributed by atoms with Crippen molar-refractivity contribution in [1.82, 2.24) is 25.8 Å². The van der Waals surface area contributed by atoms with Gasteiger partial charge in [0.15, 0.2) is 71.7 Å². The number of benzene rings is 3. The molecule has 10 rings (SSSR count). The molecule has 4 amide bonds. The van der Waals surface area contributed by atoms with Gasteiger partial charge in [-0.3, -0.25) is 19.2 Å². The molecule has 6 aliphatic rings. The second-order valence-electron chi connectivity index (χ2n) is 27.6. The summed E-state index contributed by atoms with van der Waals surface area (Å²) in [7, 11) is 9.40. The van der Waals surface area contributed by atoms with Gasteiger partial charge in [-0.15, -0.1) is 0 Å². The Morgan fingerprint density at radius 2 is 0.760 bits per heavy atom. The van der Waals surface area contributed by atoms with Gasteiger partial charge in [0.2, 0.25) is 35.3 Å². The molecule has 6 aliphatic heterocycles. The number of aliphatic hydroxyl groups excluding tert-OH is 2. The topological polar surface area (TPSA) is 291 Å². The predicted molar refractivity (Wildman–Crippen MR) is 399 cm³/mol. The van der Waals surface area contributed by atoms with Crippen LogP contribution in [0, 0.1) is 58.2 Å². The van der Waals surface area contributed by atoms with E-state index in [2.05, 4.69) is 38.0 Å². The number of hydrogen-bond donors (Lipinski definition) is 6. The predicted octanol–water partition coefficient (Wildman–Crippen LogP) is 11.7.